The number of carbonyl (C=O) groups is 1. The zero-order chi connectivity index (χ0) is 11.7. The van der Waals surface area contributed by atoms with Gasteiger partial charge >= 0.3 is 0 Å². The Labute approximate surface area is 103 Å². The van der Waals surface area contributed by atoms with Crippen LogP contribution in [0.5, 0.6) is 0 Å². The molecule has 0 saturated heterocycles. The minimum Gasteiger partial charge on any atom is -0.346 e. The van der Waals surface area contributed by atoms with Crippen molar-refractivity contribution in [3.8, 4) is 11.3 Å². The molecule has 0 spiro atoms. The summed E-state index contributed by atoms with van der Waals surface area (Å²) in [5.41, 5.74) is 3.84. The van der Waals surface area contributed by atoms with E-state index in [4.69, 9.17) is 0 Å². The Bertz CT molecular complexity index is 529. The van der Waals surface area contributed by atoms with Gasteiger partial charge in [0, 0.05) is 18.3 Å². The van der Waals surface area contributed by atoms with Crippen molar-refractivity contribution < 1.29 is 4.79 Å². The molecule has 0 aliphatic carbocycles. The minimum atomic E-state index is 0.723. The summed E-state index contributed by atoms with van der Waals surface area (Å²) in [5, 5.41) is 0. The Kier molecular flexibility index (Phi) is 2.97. The van der Waals surface area contributed by atoms with Crippen LogP contribution in [0.2, 0.25) is 0 Å². The Morgan fingerprint density at radius 3 is 2.38 bits per heavy atom. The Hall–Kier alpha value is -1.35. The Balaban J connectivity index is 2.71. The summed E-state index contributed by atoms with van der Waals surface area (Å²) >= 11 is 3.50. The van der Waals surface area contributed by atoms with Crippen LogP contribution in [0.4, 0.5) is 0 Å². The standard InChI is InChI=1S/C13H12BrNO/c1-9-11(8-16)12(14)13(15(9)2)10-6-4-3-5-7-10/h3-8H,1-2H3. The molecule has 3 heteroatoms. The van der Waals surface area contributed by atoms with Crippen LogP contribution in [0.25, 0.3) is 11.3 Å². The van der Waals surface area contributed by atoms with Gasteiger partial charge in [0.05, 0.1) is 10.2 Å². The summed E-state index contributed by atoms with van der Waals surface area (Å²) in [4.78, 5) is 11.0. The third-order valence-electron chi connectivity index (χ3n) is 2.84. The quantitative estimate of drug-likeness (QED) is 0.770. The molecule has 2 aromatic rings. The van der Waals surface area contributed by atoms with Crippen LogP contribution in [-0.2, 0) is 7.05 Å². The number of hydrogen-bond donors (Lipinski definition) is 0. The van der Waals surface area contributed by atoms with Crippen molar-refractivity contribution in [1.82, 2.24) is 4.57 Å². The second kappa shape index (κ2) is 4.26. The lowest BCUT2D eigenvalue weighted by atomic mass is 10.1. The number of hydrogen-bond acceptors (Lipinski definition) is 1. The van der Waals surface area contributed by atoms with Gasteiger partial charge in [-0.15, -0.1) is 0 Å². The smallest absolute Gasteiger partial charge is 0.153 e. The molecule has 0 fully saturated rings. The third kappa shape index (κ3) is 1.61. The highest BCUT2D eigenvalue weighted by molar-refractivity contribution is 9.10. The minimum absolute atomic E-state index is 0.723. The molecule has 2 rings (SSSR count). The van der Waals surface area contributed by atoms with Crippen molar-refractivity contribution in [2.45, 2.75) is 6.92 Å². The fourth-order valence-corrected chi connectivity index (χ4v) is 2.71. The first-order valence-corrected chi connectivity index (χ1v) is 5.81. The van der Waals surface area contributed by atoms with Crippen molar-refractivity contribution >= 4 is 22.2 Å². The summed E-state index contributed by atoms with van der Waals surface area (Å²) in [6, 6.07) is 10.0. The van der Waals surface area contributed by atoms with Crippen LogP contribution < -0.4 is 0 Å². The van der Waals surface area contributed by atoms with Crippen molar-refractivity contribution in [2.75, 3.05) is 0 Å². The van der Waals surface area contributed by atoms with Gasteiger partial charge in [0.1, 0.15) is 0 Å². The highest BCUT2D eigenvalue weighted by atomic mass is 79.9. The first-order chi connectivity index (χ1) is 7.66. The molecule has 1 aromatic heterocycles. The first-order valence-electron chi connectivity index (χ1n) is 5.02. The van der Waals surface area contributed by atoms with E-state index in [-0.39, 0.29) is 0 Å². The molecular weight excluding hydrogens is 266 g/mol. The van der Waals surface area contributed by atoms with Crippen LogP contribution in [0.15, 0.2) is 34.8 Å². The predicted molar refractivity (Wildman–Crippen MR) is 68.7 cm³/mol. The van der Waals surface area contributed by atoms with Gasteiger partial charge in [0.25, 0.3) is 0 Å². The van der Waals surface area contributed by atoms with E-state index in [9.17, 15) is 4.79 Å². The molecular formula is C13H12BrNO. The van der Waals surface area contributed by atoms with Crippen molar-refractivity contribution in [3.05, 3.63) is 46.1 Å². The van der Waals surface area contributed by atoms with E-state index in [0.29, 0.717) is 0 Å². The SMILES string of the molecule is Cc1c(C=O)c(Br)c(-c2ccccc2)n1C. The van der Waals surface area contributed by atoms with Crippen LogP contribution >= 0.6 is 15.9 Å². The van der Waals surface area contributed by atoms with E-state index in [1.54, 1.807) is 0 Å². The third-order valence-corrected chi connectivity index (χ3v) is 3.64. The molecule has 0 unspecified atom stereocenters. The lowest BCUT2D eigenvalue weighted by molar-refractivity contribution is 0.112. The Morgan fingerprint density at radius 1 is 1.25 bits per heavy atom. The highest BCUT2D eigenvalue weighted by Crippen LogP contribution is 2.33. The summed E-state index contributed by atoms with van der Waals surface area (Å²) in [5.74, 6) is 0. The van der Waals surface area contributed by atoms with Gasteiger partial charge in [0.15, 0.2) is 6.29 Å². The molecule has 1 heterocycles. The predicted octanol–water partition coefficient (Wildman–Crippen LogP) is 3.58. The maximum atomic E-state index is 11.0. The van der Waals surface area contributed by atoms with Gasteiger partial charge in [-0.25, -0.2) is 0 Å². The van der Waals surface area contributed by atoms with Crippen LogP contribution in [0.3, 0.4) is 0 Å². The maximum Gasteiger partial charge on any atom is 0.153 e. The van der Waals surface area contributed by atoms with Crippen LogP contribution in [0.1, 0.15) is 16.1 Å². The van der Waals surface area contributed by atoms with Gasteiger partial charge in [-0.2, -0.15) is 0 Å². The van der Waals surface area contributed by atoms with E-state index in [1.807, 2.05) is 48.9 Å². The van der Waals surface area contributed by atoms with E-state index in [2.05, 4.69) is 15.9 Å². The normalized spacial score (nSPS) is 10.4. The van der Waals surface area contributed by atoms with E-state index in [1.165, 1.54) is 0 Å². The van der Waals surface area contributed by atoms with E-state index < -0.39 is 0 Å². The summed E-state index contributed by atoms with van der Waals surface area (Å²) in [6.07, 6.45) is 0.895. The van der Waals surface area contributed by atoms with Crippen molar-refractivity contribution in [2.24, 2.45) is 7.05 Å². The molecule has 2 nitrogen and oxygen atoms in total. The first kappa shape index (κ1) is 11.1. The molecule has 16 heavy (non-hydrogen) atoms. The van der Waals surface area contributed by atoms with Crippen LogP contribution in [0, 0.1) is 6.92 Å². The molecule has 0 bridgehead atoms. The fourth-order valence-electron chi connectivity index (χ4n) is 1.84. The van der Waals surface area contributed by atoms with Gasteiger partial charge in [-0.05, 0) is 28.4 Å². The molecule has 82 valence electrons. The second-order valence-electron chi connectivity index (χ2n) is 3.70. The Morgan fingerprint density at radius 2 is 1.88 bits per heavy atom. The van der Waals surface area contributed by atoms with E-state index >= 15 is 0 Å². The number of aromatic nitrogens is 1. The molecule has 0 N–H and O–H groups in total. The largest absolute Gasteiger partial charge is 0.346 e. The highest BCUT2D eigenvalue weighted by Gasteiger charge is 2.16. The van der Waals surface area contributed by atoms with Crippen LogP contribution in [-0.4, -0.2) is 10.9 Å². The molecule has 0 aliphatic rings. The monoisotopic (exact) mass is 277 g/mol. The number of rotatable bonds is 2. The van der Waals surface area contributed by atoms with Crippen molar-refractivity contribution in [1.29, 1.82) is 0 Å². The number of halogens is 1. The zero-order valence-electron chi connectivity index (χ0n) is 9.20. The van der Waals surface area contributed by atoms with Gasteiger partial charge in [0.2, 0.25) is 0 Å². The van der Waals surface area contributed by atoms with Gasteiger partial charge in [-0.1, -0.05) is 30.3 Å². The summed E-state index contributed by atoms with van der Waals surface area (Å²) < 4.78 is 2.90. The zero-order valence-corrected chi connectivity index (χ0v) is 10.8. The van der Waals surface area contributed by atoms with Crippen molar-refractivity contribution in [3.63, 3.8) is 0 Å². The summed E-state index contributed by atoms with van der Waals surface area (Å²) in [6.45, 7) is 1.95. The molecule has 1 aromatic carbocycles. The van der Waals surface area contributed by atoms with E-state index in [0.717, 1.165) is 33.3 Å². The molecule has 0 radical (unpaired) electrons. The lowest BCUT2D eigenvalue weighted by Gasteiger charge is -2.05. The fraction of sp³-hybridized carbons (Fsp3) is 0.154. The number of carbonyl (C=O) groups excluding carboxylic acids is 1. The molecule has 0 saturated carbocycles. The average Bonchev–Trinajstić information content (AvgIpc) is 2.51. The molecule has 0 atom stereocenters. The average molecular weight is 278 g/mol. The summed E-state index contributed by atoms with van der Waals surface area (Å²) in [7, 11) is 1.97. The topological polar surface area (TPSA) is 22.0 Å². The lowest BCUT2D eigenvalue weighted by Crippen LogP contribution is -1.94. The molecule has 0 aliphatic heterocycles. The second-order valence-corrected chi connectivity index (χ2v) is 4.50. The maximum absolute atomic E-state index is 11.0. The van der Waals surface area contributed by atoms with Gasteiger partial charge < -0.3 is 4.57 Å². The number of nitrogens with zero attached hydrogens (tertiary/aromatic N) is 1. The number of benzene rings is 1. The number of aldehydes is 1. The van der Waals surface area contributed by atoms with Gasteiger partial charge in [-0.3, -0.25) is 4.79 Å². The molecule has 0 amide bonds.